The summed E-state index contributed by atoms with van der Waals surface area (Å²) in [4.78, 5) is 20.4. The summed E-state index contributed by atoms with van der Waals surface area (Å²) >= 11 is 0. The van der Waals surface area contributed by atoms with Gasteiger partial charge in [-0.2, -0.15) is 0 Å². The number of benzene rings is 1. The number of aromatic nitrogens is 2. The molecule has 1 aliphatic rings. The van der Waals surface area contributed by atoms with Crippen molar-refractivity contribution in [3.05, 3.63) is 36.3 Å². The molecule has 9 nitrogen and oxygen atoms in total. The van der Waals surface area contributed by atoms with Crippen LogP contribution >= 0.6 is 0 Å². The van der Waals surface area contributed by atoms with Crippen LogP contribution in [0.2, 0.25) is 0 Å². The number of anilines is 2. The number of nitrogens with one attached hydrogen (secondary N) is 2. The Bertz CT molecular complexity index is 948. The third-order valence-electron chi connectivity index (χ3n) is 4.14. The fourth-order valence-corrected chi connectivity index (χ4v) is 4.44. The van der Waals surface area contributed by atoms with Gasteiger partial charge in [-0.05, 0) is 18.6 Å². The lowest BCUT2D eigenvalue weighted by Gasteiger charge is -2.13. The Labute approximate surface area is 157 Å². The van der Waals surface area contributed by atoms with Crippen molar-refractivity contribution in [1.82, 2.24) is 15.3 Å². The van der Waals surface area contributed by atoms with E-state index in [9.17, 15) is 13.2 Å². The molecule has 0 aliphatic carbocycles. The molecule has 27 heavy (non-hydrogen) atoms. The molecule has 2 aromatic rings. The Morgan fingerprint density at radius 2 is 2.00 bits per heavy atom. The van der Waals surface area contributed by atoms with E-state index in [-0.39, 0.29) is 17.2 Å². The Morgan fingerprint density at radius 1 is 1.19 bits per heavy atom. The molecule has 2 heterocycles. The molecule has 1 aromatic heterocycles. The van der Waals surface area contributed by atoms with Crippen molar-refractivity contribution in [3.63, 3.8) is 0 Å². The molecule has 1 aromatic carbocycles. The maximum absolute atomic E-state index is 12.4. The molecule has 3 rings (SSSR count). The quantitative estimate of drug-likeness (QED) is 0.751. The van der Waals surface area contributed by atoms with Crippen LogP contribution in [-0.4, -0.2) is 56.1 Å². The third-order valence-corrected chi connectivity index (χ3v) is 5.90. The molecule has 0 saturated carbocycles. The van der Waals surface area contributed by atoms with Gasteiger partial charge in [-0.25, -0.2) is 18.4 Å². The van der Waals surface area contributed by atoms with Crippen LogP contribution in [0.15, 0.2) is 30.6 Å². The van der Waals surface area contributed by atoms with Crippen molar-refractivity contribution in [2.24, 2.45) is 0 Å². The second-order valence-corrected chi connectivity index (χ2v) is 8.28. The highest BCUT2D eigenvalue weighted by molar-refractivity contribution is 7.91. The van der Waals surface area contributed by atoms with E-state index >= 15 is 0 Å². The topological polar surface area (TPSA) is 120 Å². The molecule has 0 radical (unpaired) electrons. The number of amides is 1. The van der Waals surface area contributed by atoms with Crippen molar-refractivity contribution >= 4 is 27.2 Å². The van der Waals surface area contributed by atoms with Crippen LogP contribution in [-0.2, 0) is 9.84 Å². The van der Waals surface area contributed by atoms with Crippen LogP contribution in [0.25, 0.3) is 0 Å². The van der Waals surface area contributed by atoms with Crippen molar-refractivity contribution in [2.45, 2.75) is 12.5 Å². The van der Waals surface area contributed by atoms with E-state index in [4.69, 9.17) is 9.47 Å². The van der Waals surface area contributed by atoms with E-state index in [1.165, 1.54) is 12.4 Å². The molecular weight excluding hydrogens is 372 g/mol. The van der Waals surface area contributed by atoms with Gasteiger partial charge in [0.2, 0.25) is 0 Å². The lowest BCUT2D eigenvalue weighted by molar-refractivity contribution is 0.0936. The highest BCUT2D eigenvalue weighted by Crippen LogP contribution is 2.31. The number of hydrogen-bond acceptors (Lipinski definition) is 8. The zero-order chi connectivity index (χ0) is 19.4. The number of rotatable bonds is 6. The standard InChI is InChI=1S/C17H20N4O5S/c1-25-12-3-4-15(26-2)13(7-12)21-16-8-14(18-10-19-16)17(22)20-11-5-6-27(23,24)9-11/h3-4,7-8,10-11H,5-6,9H2,1-2H3,(H,20,22)(H,18,19,21). The molecule has 2 N–H and O–H groups in total. The van der Waals surface area contributed by atoms with E-state index < -0.39 is 21.8 Å². The fourth-order valence-electron chi connectivity index (χ4n) is 2.77. The van der Waals surface area contributed by atoms with Crippen LogP contribution in [0.3, 0.4) is 0 Å². The van der Waals surface area contributed by atoms with Gasteiger partial charge in [0.1, 0.15) is 29.3 Å². The van der Waals surface area contributed by atoms with Crippen molar-refractivity contribution in [3.8, 4) is 11.5 Å². The first-order valence-electron chi connectivity index (χ1n) is 8.22. The minimum atomic E-state index is -3.07. The lowest BCUT2D eigenvalue weighted by Crippen LogP contribution is -2.36. The van der Waals surface area contributed by atoms with Crippen LogP contribution < -0.4 is 20.1 Å². The first kappa shape index (κ1) is 18.9. The van der Waals surface area contributed by atoms with Gasteiger partial charge in [0, 0.05) is 18.2 Å². The average molecular weight is 392 g/mol. The number of nitrogens with zero attached hydrogens (tertiary/aromatic N) is 2. The summed E-state index contributed by atoms with van der Waals surface area (Å²) in [6.45, 7) is 0. The Kier molecular flexibility index (Phi) is 5.45. The van der Waals surface area contributed by atoms with Gasteiger partial charge in [0.15, 0.2) is 9.84 Å². The summed E-state index contributed by atoms with van der Waals surface area (Å²) in [5.41, 5.74) is 0.752. The van der Waals surface area contributed by atoms with E-state index in [2.05, 4.69) is 20.6 Å². The van der Waals surface area contributed by atoms with Gasteiger partial charge >= 0.3 is 0 Å². The third kappa shape index (κ3) is 4.64. The van der Waals surface area contributed by atoms with Gasteiger partial charge in [-0.15, -0.1) is 0 Å². The number of carbonyl (C=O) groups is 1. The molecule has 1 aliphatic heterocycles. The number of sulfone groups is 1. The smallest absolute Gasteiger partial charge is 0.270 e. The van der Waals surface area contributed by atoms with Crippen LogP contribution in [0.4, 0.5) is 11.5 Å². The highest BCUT2D eigenvalue weighted by Gasteiger charge is 2.29. The normalized spacial score (nSPS) is 17.9. The predicted molar refractivity (Wildman–Crippen MR) is 99.4 cm³/mol. The average Bonchev–Trinajstić information content (AvgIpc) is 3.00. The summed E-state index contributed by atoms with van der Waals surface area (Å²) in [5, 5.41) is 5.77. The maximum Gasteiger partial charge on any atom is 0.270 e. The SMILES string of the molecule is COc1ccc(OC)c(Nc2cc(C(=O)NC3CCS(=O)(=O)C3)ncn2)c1. The molecule has 1 amide bonds. The number of methoxy groups -OCH3 is 2. The molecule has 1 unspecified atom stereocenters. The van der Waals surface area contributed by atoms with Gasteiger partial charge in [-0.3, -0.25) is 4.79 Å². The van der Waals surface area contributed by atoms with Gasteiger partial charge in [-0.1, -0.05) is 0 Å². The van der Waals surface area contributed by atoms with E-state index in [1.807, 2.05) is 0 Å². The van der Waals surface area contributed by atoms with Gasteiger partial charge in [0.05, 0.1) is 31.4 Å². The first-order chi connectivity index (χ1) is 12.9. The monoisotopic (exact) mass is 392 g/mol. The molecule has 10 heteroatoms. The lowest BCUT2D eigenvalue weighted by atomic mass is 10.2. The largest absolute Gasteiger partial charge is 0.497 e. The first-order valence-corrected chi connectivity index (χ1v) is 10.0. The van der Waals surface area contributed by atoms with Crippen LogP contribution in [0.1, 0.15) is 16.9 Å². The highest BCUT2D eigenvalue weighted by atomic mass is 32.2. The zero-order valence-electron chi connectivity index (χ0n) is 14.9. The number of ether oxygens (including phenoxy) is 2. The van der Waals surface area contributed by atoms with Gasteiger partial charge < -0.3 is 20.1 Å². The van der Waals surface area contributed by atoms with Crippen LogP contribution in [0.5, 0.6) is 11.5 Å². The van der Waals surface area contributed by atoms with Crippen molar-refractivity contribution < 1.29 is 22.7 Å². The molecule has 1 fully saturated rings. The zero-order valence-corrected chi connectivity index (χ0v) is 15.7. The summed E-state index contributed by atoms with van der Waals surface area (Å²) < 4.78 is 33.5. The Hall–Kier alpha value is -2.88. The summed E-state index contributed by atoms with van der Waals surface area (Å²) in [6.07, 6.45) is 1.67. The molecular formula is C17H20N4O5S. The number of hydrogen-bond donors (Lipinski definition) is 2. The van der Waals surface area contributed by atoms with E-state index in [0.717, 1.165) is 0 Å². The van der Waals surface area contributed by atoms with Gasteiger partial charge in [0.25, 0.3) is 5.91 Å². The molecule has 144 valence electrons. The minimum absolute atomic E-state index is 0.0457. The van der Waals surface area contributed by atoms with Crippen LogP contribution in [0, 0.1) is 0 Å². The van der Waals surface area contributed by atoms with E-state index in [1.54, 1.807) is 32.4 Å². The summed E-state index contributed by atoms with van der Waals surface area (Å²) in [7, 11) is 0.0286. The summed E-state index contributed by atoms with van der Waals surface area (Å²) in [5.74, 6) is 1.20. The molecule has 0 spiro atoms. The predicted octanol–water partition coefficient (Wildman–Crippen LogP) is 1.15. The fraction of sp³-hybridized carbons (Fsp3) is 0.353. The molecule has 1 saturated heterocycles. The molecule has 0 bridgehead atoms. The maximum atomic E-state index is 12.4. The Balaban J connectivity index is 1.75. The molecule has 1 atom stereocenters. The van der Waals surface area contributed by atoms with E-state index in [0.29, 0.717) is 29.4 Å². The second kappa shape index (κ2) is 7.78. The number of carbonyl (C=O) groups excluding carboxylic acids is 1. The van der Waals surface area contributed by atoms with Crippen molar-refractivity contribution in [2.75, 3.05) is 31.0 Å². The second-order valence-electron chi connectivity index (χ2n) is 6.05. The summed E-state index contributed by atoms with van der Waals surface area (Å²) in [6, 6.07) is 6.34. The van der Waals surface area contributed by atoms with Crippen molar-refractivity contribution in [1.29, 1.82) is 0 Å². The minimum Gasteiger partial charge on any atom is -0.497 e. The Morgan fingerprint density at radius 3 is 2.67 bits per heavy atom.